The normalized spacial score (nSPS) is 11.1. The van der Waals surface area contributed by atoms with Crippen molar-refractivity contribution >= 4 is 45.9 Å². The number of hydrogen-bond donors (Lipinski definition) is 1. The minimum absolute atomic E-state index is 0.415. The molecule has 1 aromatic heterocycles. The van der Waals surface area contributed by atoms with E-state index in [1.165, 1.54) is 0 Å². The minimum Gasteiger partial charge on any atom is -0.489 e. The average Bonchev–Trinajstić information content (AvgIpc) is 3.34. The van der Waals surface area contributed by atoms with Gasteiger partial charge in [0.1, 0.15) is 12.4 Å². The highest BCUT2D eigenvalue weighted by molar-refractivity contribution is 7.19. The molecular weight excluding hydrogens is 509 g/mol. The van der Waals surface area contributed by atoms with Crippen LogP contribution < -0.4 is 10.2 Å². The molecule has 7 heteroatoms. The predicted molar refractivity (Wildman–Crippen MR) is 151 cm³/mol. The fourth-order valence-electron chi connectivity index (χ4n) is 3.55. The van der Waals surface area contributed by atoms with Crippen LogP contribution in [0.1, 0.15) is 11.1 Å². The Morgan fingerprint density at radius 1 is 0.806 bits per heavy atom. The number of nitrogens with zero attached hydrogens (tertiary/aromatic N) is 2. The van der Waals surface area contributed by atoms with Crippen molar-refractivity contribution in [2.45, 2.75) is 6.61 Å². The maximum atomic E-state index is 6.20. The van der Waals surface area contributed by atoms with Gasteiger partial charge in [-0.05, 0) is 53.6 Å². The monoisotopic (exact) mass is 529 g/mol. The lowest BCUT2D eigenvalue weighted by molar-refractivity contribution is 0.306. The van der Waals surface area contributed by atoms with Crippen molar-refractivity contribution in [1.29, 1.82) is 0 Å². The van der Waals surface area contributed by atoms with Crippen molar-refractivity contribution in [3.8, 4) is 27.4 Å². The lowest BCUT2D eigenvalue weighted by atomic mass is 10.1. The van der Waals surface area contributed by atoms with E-state index in [9.17, 15) is 0 Å². The van der Waals surface area contributed by atoms with E-state index in [-0.39, 0.29) is 0 Å². The molecule has 4 aromatic carbocycles. The number of ether oxygens (including phenoxy) is 1. The zero-order valence-electron chi connectivity index (χ0n) is 19.1. The largest absolute Gasteiger partial charge is 0.489 e. The number of anilines is 1. The third kappa shape index (κ3) is 5.94. The summed E-state index contributed by atoms with van der Waals surface area (Å²) < 4.78 is 5.85. The SMILES string of the molecule is Clc1ccc(-c2sc(NN=Cc3ccc(OCc4ccccc4Cl)cc3)nc2-c2ccccc2)cc1. The molecule has 1 heterocycles. The molecule has 0 aliphatic carbocycles. The quantitative estimate of drug-likeness (QED) is 0.161. The van der Waals surface area contributed by atoms with Crippen molar-refractivity contribution < 1.29 is 4.74 Å². The third-order valence-corrected chi connectivity index (χ3v) is 7.02. The van der Waals surface area contributed by atoms with Gasteiger partial charge in [0, 0.05) is 21.2 Å². The van der Waals surface area contributed by atoms with E-state index in [2.05, 4.69) is 22.7 Å². The highest BCUT2D eigenvalue weighted by Gasteiger charge is 2.14. The van der Waals surface area contributed by atoms with E-state index in [1.807, 2.05) is 91.0 Å². The van der Waals surface area contributed by atoms with Gasteiger partial charge in [-0.2, -0.15) is 5.10 Å². The van der Waals surface area contributed by atoms with Gasteiger partial charge in [-0.25, -0.2) is 4.98 Å². The van der Waals surface area contributed by atoms with Crippen LogP contribution in [0.2, 0.25) is 10.0 Å². The molecule has 0 radical (unpaired) electrons. The lowest BCUT2D eigenvalue weighted by Gasteiger charge is -2.07. The number of nitrogens with one attached hydrogen (secondary N) is 1. The van der Waals surface area contributed by atoms with Gasteiger partial charge in [-0.15, -0.1) is 0 Å². The summed E-state index contributed by atoms with van der Waals surface area (Å²) in [6.45, 7) is 0.415. The van der Waals surface area contributed by atoms with Crippen molar-refractivity contribution in [1.82, 2.24) is 4.98 Å². The summed E-state index contributed by atoms with van der Waals surface area (Å²) >= 11 is 13.8. The summed E-state index contributed by atoms with van der Waals surface area (Å²) in [7, 11) is 0. The average molecular weight is 530 g/mol. The number of benzene rings is 4. The highest BCUT2D eigenvalue weighted by atomic mass is 35.5. The first-order valence-corrected chi connectivity index (χ1v) is 12.8. The maximum Gasteiger partial charge on any atom is 0.204 e. The molecule has 0 saturated heterocycles. The molecule has 178 valence electrons. The molecule has 0 bridgehead atoms. The summed E-state index contributed by atoms with van der Waals surface area (Å²) in [4.78, 5) is 5.87. The molecule has 36 heavy (non-hydrogen) atoms. The Morgan fingerprint density at radius 2 is 1.53 bits per heavy atom. The molecule has 5 rings (SSSR count). The molecule has 0 atom stereocenters. The van der Waals surface area contributed by atoms with Gasteiger partial charge in [0.2, 0.25) is 5.13 Å². The van der Waals surface area contributed by atoms with Gasteiger partial charge in [-0.1, -0.05) is 95.2 Å². The molecular formula is C29H21Cl2N3OS. The van der Waals surface area contributed by atoms with Gasteiger partial charge in [0.25, 0.3) is 0 Å². The van der Waals surface area contributed by atoms with E-state index in [4.69, 9.17) is 32.9 Å². The van der Waals surface area contributed by atoms with Crippen molar-refractivity contribution in [2.75, 3.05) is 5.43 Å². The molecule has 5 aromatic rings. The summed E-state index contributed by atoms with van der Waals surface area (Å²) in [5.74, 6) is 0.764. The molecule has 0 saturated carbocycles. The van der Waals surface area contributed by atoms with E-state index in [1.54, 1.807) is 17.6 Å². The molecule has 0 unspecified atom stereocenters. The second-order valence-corrected chi connectivity index (χ2v) is 9.73. The first-order chi connectivity index (χ1) is 17.7. The number of hydrogen-bond acceptors (Lipinski definition) is 5. The maximum absolute atomic E-state index is 6.20. The Kier molecular flexibility index (Phi) is 7.62. The van der Waals surface area contributed by atoms with Crippen LogP contribution >= 0.6 is 34.5 Å². The number of halogens is 2. The van der Waals surface area contributed by atoms with Crippen LogP contribution in [0.5, 0.6) is 5.75 Å². The van der Waals surface area contributed by atoms with Crippen LogP contribution in [0, 0.1) is 0 Å². The van der Waals surface area contributed by atoms with Gasteiger partial charge in [-0.3, -0.25) is 5.43 Å². The van der Waals surface area contributed by atoms with Gasteiger partial charge in [0.05, 0.1) is 16.8 Å². The first kappa shape index (κ1) is 24.1. The van der Waals surface area contributed by atoms with Crippen LogP contribution in [-0.4, -0.2) is 11.2 Å². The minimum atomic E-state index is 0.415. The lowest BCUT2D eigenvalue weighted by Crippen LogP contribution is -1.96. The van der Waals surface area contributed by atoms with Crippen LogP contribution in [0.25, 0.3) is 21.7 Å². The van der Waals surface area contributed by atoms with Crippen LogP contribution in [0.15, 0.2) is 108 Å². The third-order valence-electron chi connectivity index (χ3n) is 5.39. The molecule has 0 spiro atoms. The standard InChI is InChI=1S/C29H21Cl2N3OS/c30-24-14-12-22(13-15-24)28-27(21-6-2-1-3-7-21)33-29(36-28)34-32-18-20-10-16-25(17-11-20)35-19-23-8-4-5-9-26(23)31/h1-18H,19H2,(H,33,34). The Bertz CT molecular complexity index is 1470. The molecule has 4 nitrogen and oxygen atoms in total. The Labute approximate surface area is 223 Å². The van der Waals surface area contributed by atoms with Gasteiger partial charge >= 0.3 is 0 Å². The van der Waals surface area contributed by atoms with Gasteiger partial charge in [0.15, 0.2) is 0 Å². The second kappa shape index (κ2) is 11.4. The molecule has 0 fully saturated rings. The molecule has 0 aliphatic rings. The van der Waals surface area contributed by atoms with Crippen LogP contribution in [0.3, 0.4) is 0 Å². The van der Waals surface area contributed by atoms with Crippen molar-refractivity contribution in [3.05, 3.63) is 124 Å². The molecule has 0 amide bonds. The molecule has 1 N–H and O–H groups in total. The predicted octanol–water partition coefficient (Wildman–Crippen LogP) is 8.81. The fraction of sp³-hybridized carbons (Fsp3) is 0.0345. The summed E-state index contributed by atoms with van der Waals surface area (Å²) in [6, 6.07) is 33.3. The Hall–Kier alpha value is -3.64. The van der Waals surface area contributed by atoms with E-state index in [0.29, 0.717) is 21.8 Å². The Morgan fingerprint density at radius 3 is 2.28 bits per heavy atom. The second-order valence-electron chi connectivity index (χ2n) is 7.89. The molecule has 0 aliphatic heterocycles. The number of aromatic nitrogens is 1. The number of rotatable bonds is 8. The van der Waals surface area contributed by atoms with E-state index in [0.717, 1.165) is 38.6 Å². The number of hydrazone groups is 1. The summed E-state index contributed by atoms with van der Waals surface area (Å²) in [6.07, 6.45) is 1.75. The van der Waals surface area contributed by atoms with Crippen molar-refractivity contribution in [2.24, 2.45) is 5.10 Å². The topological polar surface area (TPSA) is 46.5 Å². The highest BCUT2D eigenvalue weighted by Crippen LogP contribution is 2.39. The summed E-state index contributed by atoms with van der Waals surface area (Å²) in [5.41, 5.74) is 7.97. The number of thiazole rings is 1. The van der Waals surface area contributed by atoms with Gasteiger partial charge < -0.3 is 4.74 Å². The van der Waals surface area contributed by atoms with Crippen LogP contribution in [-0.2, 0) is 6.61 Å². The Balaban J connectivity index is 1.28. The van der Waals surface area contributed by atoms with E-state index >= 15 is 0 Å². The van der Waals surface area contributed by atoms with Crippen LogP contribution in [0.4, 0.5) is 5.13 Å². The smallest absolute Gasteiger partial charge is 0.204 e. The summed E-state index contributed by atoms with van der Waals surface area (Å²) in [5, 5.41) is 6.50. The first-order valence-electron chi connectivity index (χ1n) is 11.2. The zero-order chi connectivity index (χ0) is 24.7. The fourth-order valence-corrected chi connectivity index (χ4v) is 4.80. The zero-order valence-corrected chi connectivity index (χ0v) is 21.4. The van der Waals surface area contributed by atoms with Crippen molar-refractivity contribution in [3.63, 3.8) is 0 Å². The van der Waals surface area contributed by atoms with E-state index < -0.39 is 0 Å².